The molecule has 146 valence electrons. The molecule has 0 fully saturated rings. The molecule has 1 aliphatic rings. The number of amides is 1. The van der Waals surface area contributed by atoms with E-state index in [9.17, 15) is 4.79 Å². The van der Waals surface area contributed by atoms with Crippen LogP contribution in [-0.4, -0.2) is 37.0 Å². The van der Waals surface area contributed by atoms with Crippen molar-refractivity contribution < 1.29 is 9.53 Å². The van der Waals surface area contributed by atoms with Crippen molar-refractivity contribution in [3.05, 3.63) is 53.6 Å². The highest BCUT2D eigenvalue weighted by atomic mass is 35.5. The molecule has 0 unspecified atom stereocenters. The third-order valence-electron chi connectivity index (χ3n) is 5.01. The normalized spacial score (nSPS) is 13.9. The fourth-order valence-corrected chi connectivity index (χ4v) is 3.52. The largest absolute Gasteiger partial charge is 0.496 e. The SMILES string of the molecule is COc1ccc(CN(C(=O)CC2=CCNCC2)C(C)C)c2ccccc12.Cl. The zero-order chi connectivity index (χ0) is 18.5. The number of halogens is 1. The third kappa shape index (κ3) is 5.02. The van der Waals surface area contributed by atoms with Crippen LogP contribution in [0, 0.1) is 0 Å². The Morgan fingerprint density at radius 1 is 1.19 bits per heavy atom. The minimum Gasteiger partial charge on any atom is -0.496 e. The van der Waals surface area contributed by atoms with Gasteiger partial charge in [-0.05, 0) is 43.8 Å². The number of methoxy groups -OCH3 is 1. The molecule has 2 aromatic carbocycles. The highest BCUT2D eigenvalue weighted by Crippen LogP contribution is 2.29. The van der Waals surface area contributed by atoms with Crippen LogP contribution in [0.15, 0.2) is 48.0 Å². The molecule has 1 heterocycles. The molecule has 0 aromatic heterocycles. The Morgan fingerprint density at radius 2 is 1.93 bits per heavy atom. The summed E-state index contributed by atoms with van der Waals surface area (Å²) in [4.78, 5) is 14.9. The second-order valence-corrected chi connectivity index (χ2v) is 7.08. The van der Waals surface area contributed by atoms with Gasteiger partial charge in [0, 0.05) is 30.9 Å². The van der Waals surface area contributed by atoms with Crippen LogP contribution in [-0.2, 0) is 11.3 Å². The Bertz CT molecular complexity index is 817. The zero-order valence-corrected chi connectivity index (χ0v) is 17.1. The number of ether oxygens (including phenoxy) is 1. The van der Waals surface area contributed by atoms with Crippen molar-refractivity contribution in [1.29, 1.82) is 0 Å². The number of carbonyl (C=O) groups is 1. The average Bonchev–Trinajstić information content (AvgIpc) is 2.66. The summed E-state index contributed by atoms with van der Waals surface area (Å²) in [5.74, 6) is 1.07. The standard InChI is InChI=1S/C22H28N2O2.ClH/c1-16(2)24(22(25)14-17-10-12-23-13-11-17)15-18-8-9-21(26-3)20-7-5-4-6-19(18)20;/h4-10,16,23H,11-15H2,1-3H3;1H. The summed E-state index contributed by atoms with van der Waals surface area (Å²) >= 11 is 0. The maximum Gasteiger partial charge on any atom is 0.227 e. The lowest BCUT2D eigenvalue weighted by Crippen LogP contribution is -2.37. The fraction of sp³-hybridized carbons (Fsp3) is 0.409. The molecule has 0 atom stereocenters. The van der Waals surface area contributed by atoms with Crippen LogP contribution in [0.2, 0.25) is 0 Å². The van der Waals surface area contributed by atoms with E-state index in [0.29, 0.717) is 13.0 Å². The van der Waals surface area contributed by atoms with Crippen molar-refractivity contribution in [3.8, 4) is 5.75 Å². The molecule has 0 bridgehead atoms. The van der Waals surface area contributed by atoms with Crippen molar-refractivity contribution in [2.75, 3.05) is 20.2 Å². The Labute approximate surface area is 168 Å². The van der Waals surface area contributed by atoms with E-state index in [1.807, 2.05) is 23.1 Å². The summed E-state index contributed by atoms with van der Waals surface area (Å²) in [6, 6.07) is 12.5. The lowest BCUT2D eigenvalue weighted by atomic mass is 10.0. The van der Waals surface area contributed by atoms with E-state index in [1.54, 1.807) is 7.11 Å². The van der Waals surface area contributed by atoms with Gasteiger partial charge in [0.1, 0.15) is 5.75 Å². The molecule has 0 saturated heterocycles. The van der Waals surface area contributed by atoms with Gasteiger partial charge in [-0.1, -0.05) is 42.0 Å². The molecule has 4 nitrogen and oxygen atoms in total. The minimum atomic E-state index is 0. The molecule has 3 rings (SSSR count). The van der Waals surface area contributed by atoms with Gasteiger partial charge >= 0.3 is 0 Å². The molecular weight excluding hydrogens is 360 g/mol. The van der Waals surface area contributed by atoms with Gasteiger partial charge in [-0.3, -0.25) is 4.79 Å². The van der Waals surface area contributed by atoms with Crippen LogP contribution >= 0.6 is 12.4 Å². The van der Waals surface area contributed by atoms with Crippen LogP contribution < -0.4 is 10.1 Å². The molecule has 1 amide bonds. The molecule has 1 aliphatic heterocycles. The molecule has 2 aromatic rings. The van der Waals surface area contributed by atoms with Gasteiger partial charge in [-0.15, -0.1) is 12.4 Å². The number of benzene rings is 2. The quantitative estimate of drug-likeness (QED) is 0.749. The van der Waals surface area contributed by atoms with Crippen molar-refractivity contribution in [2.45, 2.75) is 39.3 Å². The summed E-state index contributed by atoms with van der Waals surface area (Å²) in [5.41, 5.74) is 2.40. The molecule has 0 aliphatic carbocycles. The first kappa shape index (κ1) is 21.3. The highest BCUT2D eigenvalue weighted by molar-refractivity contribution is 5.91. The van der Waals surface area contributed by atoms with Crippen LogP contribution in [0.5, 0.6) is 5.75 Å². The first-order valence-electron chi connectivity index (χ1n) is 9.33. The fourth-order valence-electron chi connectivity index (χ4n) is 3.52. The molecule has 0 saturated carbocycles. The van der Waals surface area contributed by atoms with Crippen LogP contribution in [0.3, 0.4) is 0 Å². The Kier molecular flexibility index (Phi) is 7.69. The van der Waals surface area contributed by atoms with Crippen molar-refractivity contribution in [2.24, 2.45) is 0 Å². The van der Waals surface area contributed by atoms with E-state index in [1.165, 1.54) is 5.57 Å². The van der Waals surface area contributed by atoms with Gasteiger partial charge in [-0.2, -0.15) is 0 Å². The van der Waals surface area contributed by atoms with E-state index in [4.69, 9.17) is 4.74 Å². The summed E-state index contributed by atoms with van der Waals surface area (Å²) < 4.78 is 5.49. The first-order valence-corrected chi connectivity index (χ1v) is 9.33. The predicted molar refractivity (Wildman–Crippen MR) is 114 cm³/mol. The number of rotatable bonds is 6. The monoisotopic (exact) mass is 388 g/mol. The molecular formula is C22H29ClN2O2. The Hall–Kier alpha value is -2.04. The smallest absolute Gasteiger partial charge is 0.227 e. The van der Waals surface area contributed by atoms with Crippen molar-refractivity contribution in [1.82, 2.24) is 10.2 Å². The summed E-state index contributed by atoms with van der Waals surface area (Å²) in [6.45, 7) is 6.62. The third-order valence-corrected chi connectivity index (χ3v) is 5.01. The number of nitrogens with zero attached hydrogens (tertiary/aromatic N) is 1. The van der Waals surface area contributed by atoms with E-state index in [0.717, 1.165) is 41.6 Å². The predicted octanol–water partition coefficient (Wildman–Crippen LogP) is 4.32. The minimum absolute atomic E-state index is 0. The zero-order valence-electron chi connectivity index (χ0n) is 16.3. The van der Waals surface area contributed by atoms with Crippen LogP contribution in [0.4, 0.5) is 0 Å². The van der Waals surface area contributed by atoms with Gasteiger partial charge in [0.2, 0.25) is 5.91 Å². The van der Waals surface area contributed by atoms with Gasteiger partial charge in [0.25, 0.3) is 0 Å². The van der Waals surface area contributed by atoms with E-state index >= 15 is 0 Å². The number of carbonyl (C=O) groups excluding carboxylic acids is 1. The maximum atomic E-state index is 13.0. The lowest BCUT2D eigenvalue weighted by Gasteiger charge is -2.28. The number of hydrogen-bond acceptors (Lipinski definition) is 3. The average molecular weight is 389 g/mol. The Balaban J connectivity index is 0.00000261. The van der Waals surface area contributed by atoms with Crippen molar-refractivity contribution in [3.63, 3.8) is 0 Å². The summed E-state index contributed by atoms with van der Waals surface area (Å²) in [5, 5.41) is 5.53. The number of hydrogen-bond donors (Lipinski definition) is 1. The van der Waals surface area contributed by atoms with Gasteiger partial charge in [-0.25, -0.2) is 0 Å². The second-order valence-electron chi connectivity index (χ2n) is 7.08. The number of nitrogens with one attached hydrogen (secondary N) is 1. The molecule has 0 spiro atoms. The van der Waals surface area contributed by atoms with E-state index in [-0.39, 0.29) is 24.4 Å². The first-order chi connectivity index (χ1) is 12.6. The molecule has 27 heavy (non-hydrogen) atoms. The van der Waals surface area contributed by atoms with E-state index in [2.05, 4.69) is 43.4 Å². The summed E-state index contributed by atoms with van der Waals surface area (Å²) in [6.07, 6.45) is 3.64. The summed E-state index contributed by atoms with van der Waals surface area (Å²) in [7, 11) is 1.69. The van der Waals surface area contributed by atoms with Gasteiger partial charge < -0.3 is 15.0 Å². The van der Waals surface area contributed by atoms with Crippen LogP contribution in [0.25, 0.3) is 10.8 Å². The molecule has 1 N–H and O–H groups in total. The molecule has 0 radical (unpaired) electrons. The second kappa shape index (κ2) is 9.77. The topological polar surface area (TPSA) is 41.6 Å². The highest BCUT2D eigenvalue weighted by Gasteiger charge is 2.20. The van der Waals surface area contributed by atoms with E-state index < -0.39 is 0 Å². The maximum absolute atomic E-state index is 13.0. The molecule has 5 heteroatoms. The van der Waals surface area contributed by atoms with Gasteiger partial charge in [0.15, 0.2) is 0 Å². The Morgan fingerprint density at radius 3 is 2.56 bits per heavy atom. The van der Waals surface area contributed by atoms with Gasteiger partial charge in [0.05, 0.1) is 7.11 Å². The van der Waals surface area contributed by atoms with Crippen molar-refractivity contribution >= 4 is 29.1 Å². The van der Waals surface area contributed by atoms with Crippen LogP contribution in [0.1, 0.15) is 32.3 Å². The lowest BCUT2D eigenvalue weighted by molar-refractivity contribution is -0.132. The number of fused-ring (bicyclic) bond motifs is 1.